The van der Waals surface area contributed by atoms with Crippen LogP contribution in [0, 0.1) is 0 Å². The number of nitrogens with zero attached hydrogens (tertiary/aromatic N) is 2. The van der Waals surface area contributed by atoms with Crippen molar-refractivity contribution in [1.29, 1.82) is 0 Å². The van der Waals surface area contributed by atoms with E-state index in [4.69, 9.17) is 4.74 Å². The molecule has 1 aliphatic heterocycles. The number of hydrogen-bond donors (Lipinski definition) is 1. The Morgan fingerprint density at radius 3 is 2.12 bits per heavy atom. The monoisotopic (exact) mass is 345 g/mol. The van der Waals surface area contributed by atoms with Gasteiger partial charge in [-0.05, 0) is 44.0 Å². The zero-order valence-corrected chi connectivity index (χ0v) is 14.4. The van der Waals surface area contributed by atoms with E-state index in [1.54, 1.807) is 41.0 Å². The third-order valence-corrected chi connectivity index (χ3v) is 4.40. The number of piperazine rings is 1. The molecule has 2 fully saturated rings. The number of rotatable bonds is 4. The molecule has 25 heavy (non-hydrogen) atoms. The number of carbonyl (C=O) groups is 3. The van der Waals surface area contributed by atoms with E-state index >= 15 is 0 Å². The van der Waals surface area contributed by atoms with Crippen molar-refractivity contribution in [3.63, 3.8) is 0 Å². The van der Waals surface area contributed by atoms with E-state index < -0.39 is 0 Å². The molecule has 0 unspecified atom stereocenters. The van der Waals surface area contributed by atoms with Crippen molar-refractivity contribution in [1.82, 2.24) is 15.1 Å². The van der Waals surface area contributed by atoms with E-state index in [0.717, 1.165) is 12.8 Å². The third kappa shape index (κ3) is 4.29. The van der Waals surface area contributed by atoms with Gasteiger partial charge in [-0.1, -0.05) is 0 Å². The maximum atomic E-state index is 12.6. The average Bonchev–Trinajstić information content (AvgIpc) is 3.45. The predicted octanol–water partition coefficient (Wildman–Crippen LogP) is 1.49. The second-order valence-corrected chi connectivity index (χ2v) is 6.30. The Balaban J connectivity index is 1.54. The van der Waals surface area contributed by atoms with E-state index in [9.17, 15) is 14.4 Å². The fourth-order valence-corrected chi connectivity index (χ4v) is 2.75. The molecule has 134 valence electrons. The molecule has 2 aliphatic rings. The van der Waals surface area contributed by atoms with E-state index in [0.29, 0.717) is 50.0 Å². The van der Waals surface area contributed by atoms with E-state index in [2.05, 4.69) is 5.32 Å². The van der Waals surface area contributed by atoms with Gasteiger partial charge in [-0.15, -0.1) is 0 Å². The van der Waals surface area contributed by atoms with Gasteiger partial charge in [0.1, 0.15) is 0 Å². The maximum absolute atomic E-state index is 12.6. The fourth-order valence-electron chi connectivity index (χ4n) is 2.75. The van der Waals surface area contributed by atoms with Gasteiger partial charge in [0, 0.05) is 43.3 Å². The first kappa shape index (κ1) is 17.3. The van der Waals surface area contributed by atoms with E-state index in [-0.39, 0.29) is 17.9 Å². The summed E-state index contributed by atoms with van der Waals surface area (Å²) in [5.74, 6) is -0.179. The Labute approximate surface area is 146 Å². The van der Waals surface area contributed by atoms with Gasteiger partial charge in [-0.3, -0.25) is 9.59 Å². The SMILES string of the molecule is CCOC(=O)N1CCN(C(=O)c2ccc(C(=O)NC3CC3)cc2)CC1. The number of carbonyl (C=O) groups excluding carboxylic acids is 3. The van der Waals surface area contributed by atoms with Crippen LogP contribution in [-0.2, 0) is 4.74 Å². The molecule has 0 radical (unpaired) electrons. The van der Waals surface area contributed by atoms with Gasteiger partial charge in [0.05, 0.1) is 6.61 Å². The highest BCUT2D eigenvalue weighted by molar-refractivity contribution is 5.98. The molecule has 1 heterocycles. The first-order chi connectivity index (χ1) is 12.1. The molecule has 1 N–H and O–H groups in total. The summed E-state index contributed by atoms with van der Waals surface area (Å²) in [6, 6.07) is 7.04. The third-order valence-electron chi connectivity index (χ3n) is 4.40. The van der Waals surface area contributed by atoms with Gasteiger partial charge in [-0.25, -0.2) is 4.79 Å². The molecule has 0 atom stereocenters. The second-order valence-electron chi connectivity index (χ2n) is 6.30. The van der Waals surface area contributed by atoms with Crippen LogP contribution >= 0.6 is 0 Å². The first-order valence-corrected chi connectivity index (χ1v) is 8.70. The highest BCUT2D eigenvalue weighted by Crippen LogP contribution is 2.19. The summed E-state index contributed by atoms with van der Waals surface area (Å²) >= 11 is 0. The van der Waals surface area contributed by atoms with Gasteiger partial charge < -0.3 is 19.9 Å². The van der Waals surface area contributed by atoms with Crippen LogP contribution in [0.15, 0.2) is 24.3 Å². The summed E-state index contributed by atoms with van der Waals surface area (Å²) in [4.78, 5) is 39.6. The highest BCUT2D eigenvalue weighted by Gasteiger charge is 2.26. The Kier molecular flexibility index (Phi) is 5.21. The number of benzene rings is 1. The Morgan fingerprint density at radius 2 is 1.56 bits per heavy atom. The van der Waals surface area contributed by atoms with Crippen LogP contribution in [0.2, 0.25) is 0 Å². The van der Waals surface area contributed by atoms with Crippen molar-refractivity contribution in [2.24, 2.45) is 0 Å². The summed E-state index contributed by atoms with van der Waals surface area (Å²) in [5, 5.41) is 2.92. The zero-order chi connectivity index (χ0) is 17.8. The number of amides is 3. The summed E-state index contributed by atoms with van der Waals surface area (Å²) in [7, 11) is 0. The number of nitrogens with one attached hydrogen (secondary N) is 1. The Bertz CT molecular complexity index is 647. The molecule has 7 heteroatoms. The van der Waals surface area contributed by atoms with Gasteiger partial charge in [0.15, 0.2) is 0 Å². The van der Waals surface area contributed by atoms with Gasteiger partial charge in [-0.2, -0.15) is 0 Å². The van der Waals surface area contributed by atoms with Crippen molar-refractivity contribution in [2.75, 3.05) is 32.8 Å². The summed E-state index contributed by atoms with van der Waals surface area (Å²) in [5.41, 5.74) is 1.11. The van der Waals surface area contributed by atoms with Gasteiger partial charge in [0.2, 0.25) is 0 Å². The zero-order valence-electron chi connectivity index (χ0n) is 14.4. The standard InChI is InChI=1S/C18H23N3O4/c1-2-25-18(24)21-11-9-20(10-12-21)17(23)14-5-3-13(4-6-14)16(22)19-15-7-8-15/h3-6,15H,2,7-12H2,1H3,(H,19,22). The lowest BCUT2D eigenvalue weighted by Crippen LogP contribution is -2.50. The fraction of sp³-hybridized carbons (Fsp3) is 0.500. The molecular formula is C18H23N3O4. The largest absolute Gasteiger partial charge is 0.450 e. The lowest BCUT2D eigenvalue weighted by atomic mass is 10.1. The van der Waals surface area contributed by atoms with Crippen molar-refractivity contribution >= 4 is 17.9 Å². The van der Waals surface area contributed by atoms with Crippen molar-refractivity contribution in [3.8, 4) is 0 Å². The molecule has 3 amide bonds. The van der Waals surface area contributed by atoms with Crippen LogP contribution in [-0.4, -0.2) is 66.5 Å². The van der Waals surface area contributed by atoms with E-state index in [1.165, 1.54) is 0 Å². The molecule has 1 aromatic carbocycles. The van der Waals surface area contributed by atoms with Crippen LogP contribution in [0.25, 0.3) is 0 Å². The Hall–Kier alpha value is -2.57. The molecular weight excluding hydrogens is 322 g/mol. The minimum atomic E-state index is -0.333. The molecule has 1 saturated heterocycles. The van der Waals surface area contributed by atoms with Crippen molar-refractivity contribution in [2.45, 2.75) is 25.8 Å². The van der Waals surface area contributed by atoms with Crippen LogP contribution in [0.3, 0.4) is 0 Å². The summed E-state index contributed by atoms with van der Waals surface area (Å²) in [6.07, 6.45) is 1.75. The predicted molar refractivity (Wildman–Crippen MR) is 91.4 cm³/mol. The molecule has 0 bridgehead atoms. The van der Waals surface area contributed by atoms with Crippen LogP contribution in [0.4, 0.5) is 4.79 Å². The van der Waals surface area contributed by atoms with E-state index in [1.807, 2.05) is 0 Å². The molecule has 1 aliphatic carbocycles. The average molecular weight is 345 g/mol. The molecule has 3 rings (SSSR count). The first-order valence-electron chi connectivity index (χ1n) is 8.70. The minimum Gasteiger partial charge on any atom is -0.450 e. The normalized spacial score (nSPS) is 17.2. The molecule has 7 nitrogen and oxygen atoms in total. The topological polar surface area (TPSA) is 79.0 Å². The summed E-state index contributed by atoms with van der Waals surface area (Å²) < 4.78 is 4.97. The number of hydrogen-bond acceptors (Lipinski definition) is 4. The minimum absolute atomic E-state index is 0.0855. The van der Waals surface area contributed by atoms with Crippen molar-refractivity contribution in [3.05, 3.63) is 35.4 Å². The molecule has 1 aromatic rings. The highest BCUT2D eigenvalue weighted by atomic mass is 16.6. The van der Waals surface area contributed by atoms with Crippen LogP contribution < -0.4 is 5.32 Å². The van der Waals surface area contributed by atoms with Gasteiger partial charge in [0.25, 0.3) is 11.8 Å². The quantitative estimate of drug-likeness (QED) is 0.897. The molecule has 0 spiro atoms. The van der Waals surface area contributed by atoms with Crippen LogP contribution in [0.5, 0.6) is 0 Å². The van der Waals surface area contributed by atoms with Gasteiger partial charge >= 0.3 is 6.09 Å². The maximum Gasteiger partial charge on any atom is 0.409 e. The molecule has 1 saturated carbocycles. The Morgan fingerprint density at radius 1 is 1.00 bits per heavy atom. The lowest BCUT2D eigenvalue weighted by molar-refractivity contribution is 0.0570. The summed E-state index contributed by atoms with van der Waals surface area (Å²) in [6.45, 7) is 3.99. The lowest BCUT2D eigenvalue weighted by Gasteiger charge is -2.34. The van der Waals surface area contributed by atoms with Crippen LogP contribution in [0.1, 0.15) is 40.5 Å². The smallest absolute Gasteiger partial charge is 0.409 e. The molecule has 0 aromatic heterocycles. The second kappa shape index (κ2) is 7.55. The number of ether oxygens (including phenoxy) is 1. The van der Waals surface area contributed by atoms with Crippen molar-refractivity contribution < 1.29 is 19.1 Å².